The van der Waals surface area contributed by atoms with Gasteiger partial charge in [0.15, 0.2) is 0 Å². The standard InChI is InChI=1S/C13H27NOS/c1-10(2)11(3)16-8-7-13(4,9-15)14-12-5-6-12/h10-12,14-15H,5-9H2,1-4H3. The van der Waals surface area contributed by atoms with Gasteiger partial charge in [-0.25, -0.2) is 0 Å². The molecular formula is C13H27NOS. The van der Waals surface area contributed by atoms with Crippen molar-refractivity contribution in [3.63, 3.8) is 0 Å². The van der Waals surface area contributed by atoms with Gasteiger partial charge >= 0.3 is 0 Å². The molecule has 0 aliphatic heterocycles. The highest BCUT2D eigenvalue weighted by Crippen LogP contribution is 2.26. The molecule has 3 heteroatoms. The number of rotatable bonds is 8. The molecule has 0 aromatic rings. The predicted octanol–water partition coefficient (Wildman–Crippen LogP) is 2.66. The van der Waals surface area contributed by atoms with Crippen LogP contribution in [0.25, 0.3) is 0 Å². The average molecular weight is 245 g/mol. The van der Waals surface area contributed by atoms with Gasteiger partial charge in [-0.15, -0.1) is 0 Å². The third-order valence-electron chi connectivity index (χ3n) is 3.45. The van der Waals surface area contributed by atoms with E-state index in [1.54, 1.807) is 0 Å². The summed E-state index contributed by atoms with van der Waals surface area (Å²) in [5.74, 6) is 1.87. The Kier molecular flexibility index (Phi) is 5.62. The van der Waals surface area contributed by atoms with Crippen LogP contribution >= 0.6 is 11.8 Å². The number of hydrogen-bond donors (Lipinski definition) is 2. The van der Waals surface area contributed by atoms with Gasteiger partial charge in [0.2, 0.25) is 0 Å². The van der Waals surface area contributed by atoms with Gasteiger partial charge in [-0.1, -0.05) is 20.8 Å². The molecule has 0 amide bonds. The van der Waals surface area contributed by atoms with Crippen LogP contribution in [-0.2, 0) is 0 Å². The maximum absolute atomic E-state index is 9.46. The van der Waals surface area contributed by atoms with Crippen molar-refractivity contribution < 1.29 is 5.11 Å². The first-order valence-electron chi connectivity index (χ1n) is 6.47. The minimum absolute atomic E-state index is 0.0646. The number of hydrogen-bond acceptors (Lipinski definition) is 3. The molecule has 1 rings (SSSR count). The van der Waals surface area contributed by atoms with E-state index < -0.39 is 0 Å². The smallest absolute Gasteiger partial charge is 0.0610 e. The lowest BCUT2D eigenvalue weighted by atomic mass is 10.0. The number of aliphatic hydroxyl groups is 1. The second kappa shape index (κ2) is 6.27. The van der Waals surface area contributed by atoms with Gasteiger partial charge in [-0.2, -0.15) is 11.8 Å². The zero-order valence-corrected chi connectivity index (χ0v) is 11.9. The minimum Gasteiger partial charge on any atom is -0.394 e. The van der Waals surface area contributed by atoms with E-state index >= 15 is 0 Å². The van der Waals surface area contributed by atoms with Crippen LogP contribution in [0.1, 0.15) is 47.0 Å². The second-order valence-electron chi connectivity index (χ2n) is 5.71. The molecule has 0 aromatic heterocycles. The van der Waals surface area contributed by atoms with E-state index in [1.807, 2.05) is 11.8 Å². The largest absolute Gasteiger partial charge is 0.394 e. The SMILES string of the molecule is CC(C)C(C)SCCC(C)(CO)NC1CC1. The van der Waals surface area contributed by atoms with Gasteiger partial charge in [0.1, 0.15) is 0 Å². The molecule has 1 aliphatic rings. The van der Waals surface area contributed by atoms with E-state index in [9.17, 15) is 5.11 Å². The summed E-state index contributed by atoms with van der Waals surface area (Å²) in [6.07, 6.45) is 3.62. The van der Waals surface area contributed by atoms with Gasteiger partial charge in [-0.05, 0) is 37.9 Å². The van der Waals surface area contributed by atoms with Crippen molar-refractivity contribution in [3.8, 4) is 0 Å². The third kappa shape index (κ3) is 5.07. The normalized spacial score (nSPS) is 22.1. The Morgan fingerprint density at radius 3 is 2.44 bits per heavy atom. The summed E-state index contributed by atoms with van der Waals surface area (Å²) in [6, 6.07) is 0.671. The molecule has 16 heavy (non-hydrogen) atoms. The highest BCUT2D eigenvalue weighted by atomic mass is 32.2. The third-order valence-corrected chi connectivity index (χ3v) is 4.96. The summed E-state index contributed by atoms with van der Waals surface area (Å²) in [7, 11) is 0. The van der Waals surface area contributed by atoms with Crippen LogP contribution in [-0.4, -0.2) is 34.3 Å². The number of nitrogens with one attached hydrogen (secondary N) is 1. The van der Waals surface area contributed by atoms with Gasteiger partial charge in [0, 0.05) is 16.8 Å². The molecule has 0 spiro atoms. The first kappa shape index (κ1) is 14.3. The van der Waals surface area contributed by atoms with Crippen LogP contribution in [0.3, 0.4) is 0 Å². The molecule has 1 saturated carbocycles. The molecule has 1 aliphatic carbocycles. The molecule has 0 radical (unpaired) electrons. The van der Waals surface area contributed by atoms with Gasteiger partial charge in [0.25, 0.3) is 0 Å². The summed E-state index contributed by atoms with van der Waals surface area (Å²) in [6.45, 7) is 9.22. The fourth-order valence-electron chi connectivity index (χ4n) is 1.58. The summed E-state index contributed by atoms with van der Waals surface area (Å²) in [5.41, 5.74) is -0.0646. The van der Waals surface area contributed by atoms with Crippen LogP contribution in [0.4, 0.5) is 0 Å². The van der Waals surface area contributed by atoms with Crippen LogP contribution in [0.15, 0.2) is 0 Å². The molecule has 0 saturated heterocycles. The Balaban J connectivity index is 2.21. The quantitative estimate of drug-likeness (QED) is 0.689. The second-order valence-corrected chi connectivity index (χ2v) is 7.19. The maximum Gasteiger partial charge on any atom is 0.0610 e. The first-order chi connectivity index (χ1) is 7.47. The molecule has 0 heterocycles. The van der Waals surface area contributed by atoms with Gasteiger partial charge in [0.05, 0.1) is 6.61 Å². The maximum atomic E-state index is 9.46. The highest BCUT2D eigenvalue weighted by molar-refractivity contribution is 7.99. The Morgan fingerprint density at radius 2 is 2.00 bits per heavy atom. The van der Waals surface area contributed by atoms with E-state index in [0.29, 0.717) is 11.3 Å². The fourth-order valence-corrected chi connectivity index (χ4v) is 2.90. The van der Waals surface area contributed by atoms with Crippen molar-refractivity contribution in [2.75, 3.05) is 12.4 Å². The van der Waals surface area contributed by atoms with Crippen molar-refractivity contribution in [1.82, 2.24) is 5.32 Å². The molecule has 0 aromatic carbocycles. The van der Waals surface area contributed by atoms with Crippen molar-refractivity contribution in [1.29, 1.82) is 0 Å². The van der Waals surface area contributed by atoms with E-state index in [0.717, 1.165) is 18.1 Å². The molecule has 0 bridgehead atoms. The lowest BCUT2D eigenvalue weighted by molar-refractivity contribution is 0.169. The van der Waals surface area contributed by atoms with Crippen molar-refractivity contribution in [2.24, 2.45) is 5.92 Å². The molecular weight excluding hydrogens is 218 g/mol. The number of thioether (sulfide) groups is 1. The van der Waals surface area contributed by atoms with E-state index in [-0.39, 0.29) is 12.1 Å². The van der Waals surface area contributed by atoms with E-state index in [1.165, 1.54) is 12.8 Å². The van der Waals surface area contributed by atoms with Crippen LogP contribution in [0, 0.1) is 5.92 Å². The number of aliphatic hydroxyl groups excluding tert-OH is 1. The van der Waals surface area contributed by atoms with E-state index in [4.69, 9.17) is 0 Å². The van der Waals surface area contributed by atoms with Crippen LogP contribution in [0.5, 0.6) is 0 Å². The summed E-state index contributed by atoms with van der Waals surface area (Å²) < 4.78 is 0. The highest BCUT2D eigenvalue weighted by Gasteiger charge is 2.31. The Bertz CT molecular complexity index is 206. The minimum atomic E-state index is -0.0646. The first-order valence-corrected chi connectivity index (χ1v) is 7.52. The van der Waals surface area contributed by atoms with Crippen LogP contribution in [0.2, 0.25) is 0 Å². The lowest BCUT2D eigenvalue weighted by Gasteiger charge is -2.29. The summed E-state index contributed by atoms with van der Waals surface area (Å²) >= 11 is 2.02. The summed E-state index contributed by atoms with van der Waals surface area (Å²) in [4.78, 5) is 0. The van der Waals surface area contributed by atoms with E-state index in [2.05, 4.69) is 33.0 Å². The van der Waals surface area contributed by atoms with Gasteiger partial charge in [-0.3, -0.25) is 0 Å². The monoisotopic (exact) mass is 245 g/mol. The fraction of sp³-hybridized carbons (Fsp3) is 1.00. The zero-order valence-electron chi connectivity index (χ0n) is 11.1. The Labute approximate surface area is 105 Å². The molecule has 96 valence electrons. The summed E-state index contributed by atoms with van der Waals surface area (Å²) in [5, 5.41) is 13.7. The van der Waals surface area contributed by atoms with Crippen molar-refractivity contribution in [2.45, 2.75) is 63.8 Å². The van der Waals surface area contributed by atoms with Crippen molar-refractivity contribution in [3.05, 3.63) is 0 Å². The molecule has 2 N–H and O–H groups in total. The average Bonchev–Trinajstić information content (AvgIpc) is 3.01. The Hall–Kier alpha value is 0.270. The van der Waals surface area contributed by atoms with Gasteiger partial charge < -0.3 is 10.4 Å². The zero-order chi connectivity index (χ0) is 12.2. The molecule has 2 nitrogen and oxygen atoms in total. The van der Waals surface area contributed by atoms with Crippen molar-refractivity contribution >= 4 is 11.8 Å². The van der Waals surface area contributed by atoms with Crippen LogP contribution < -0.4 is 5.32 Å². The predicted molar refractivity (Wildman–Crippen MR) is 73.0 cm³/mol. The topological polar surface area (TPSA) is 32.3 Å². The molecule has 2 atom stereocenters. The molecule has 1 fully saturated rings. The Morgan fingerprint density at radius 1 is 1.38 bits per heavy atom. The lowest BCUT2D eigenvalue weighted by Crippen LogP contribution is -2.47. The molecule has 2 unspecified atom stereocenters.